The third-order valence-electron chi connectivity index (χ3n) is 5.25. The minimum atomic E-state index is -0.153. The molecule has 1 aliphatic heterocycles. The Labute approximate surface area is 136 Å². The maximum atomic E-state index is 12.8. The third-order valence-corrected chi connectivity index (χ3v) is 5.76. The number of hydrogen-bond donors (Lipinski definition) is 0. The Morgan fingerprint density at radius 3 is 2.22 bits per heavy atom. The predicted octanol–water partition coefficient (Wildman–Crippen LogP) is 2.52. The number of carbonyl (C=O) groups is 2. The number of rotatable bonds is 2. The molecule has 1 saturated heterocycles. The quantitative estimate of drug-likeness (QED) is 0.629. The lowest BCUT2D eigenvalue weighted by atomic mass is 9.85. The molecular formula is C17H13N3O2S. The van der Waals surface area contributed by atoms with E-state index in [1.54, 1.807) is 0 Å². The van der Waals surface area contributed by atoms with Gasteiger partial charge >= 0.3 is 0 Å². The van der Waals surface area contributed by atoms with E-state index in [1.807, 2.05) is 29.6 Å². The van der Waals surface area contributed by atoms with E-state index in [0.717, 1.165) is 17.7 Å². The van der Waals surface area contributed by atoms with Crippen molar-refractivity contribution in [1.29, 1.82) is 0 Å². The highest BCUT2D eigenvalue weighted by Crippen LogP contribution is 2.53. The van der Waals surface area contributed by atoms with Crippen LogP contribution in [0.2, 0.25) is 0 Å². The van der Waals surface area contributed by atoms with E-state index in [0.29, 0.717) is 5.69 Å². The van der Waals surface area contributed by atoms with Gasteiger partial charge in [-0.15, -0.1) is 5.10 Å². The molecule has 2 amide bonds. The van der Waals surface area contributed by atoms with E-state index in [2.05, 4.69) is 21.7 Å². The van der Waals surface area contributed by atoms with Crippen LogP contribution >= 0.6 is 11.5 Å². The molecule has 2 aromatic rings. The summed E-state index contributed by atoms with van der Waals surface area (Å²) in [4.78, 5) is 26.9. The maximum absolute atomic E-state index is 12.8. The summed E-state index contributed by atoms with van der Waals surface area (Å²) in [7, 11) is 0. The first kappa shape index (κ1) is 13.1. The minimum Gasteiger partial charge on any atom is -0.274 e. The van der Waals surface area contributed by atoms with Gasteiger partial charge in [-0.1, -0.05) is 28.8 Å². The number of amides is 2. The normalized spacial score (nSPS) is 31.2. The number of fused-ring (bicyclic) bond motifs is 5. The van der Waals surface area contributed by atoms with Crippen LogP contribution in [0.1, 0.15) is 6.42 Å². The fraction of sp³-hybridized carbons (Fsp3) is 0.294. The summed E-state index contributed by atoms with van der Waals surface area (Å²) in [5.41, 5.74) is 2.39. The summed E-state index contributed by atoms with van der Waals surface area (Å²) in [6.45, 7) is 0. The molecule has 114 valence electrons. The fourth-order valence-electron chi connectivity index (χ4n) is 4.23. The Hall–Kier alpha value is -2.34. The van der Waals surface area contributed by atoms with Gasteiger partial charge in [0.25, 0.3) is 0 Å². The molecule has 1 aromatic heterocycles. The van der Waals surface area contributed by atoms with Gasteiger partial charge in [0.2, 0.25) is 11.8 Å². The SMILES string of the molecule is O=C1[C@@H]2[C@H](C(=O)N1c1ccc(-c3csnn3)cc1)[C@@H]1C=C[C@H]2C1. The lowest BCUT2D eigenvalue weighted by Gasteiger charge is -2.17. The molecule has 0 spiro atoms. The summed E-state index contributed by atoms with van der Waals surface area (Å²) in [6, 6.07) is 7.41. The van der Waals surface area contributed by atoms with Crippen LogP contribution in [0.15, 0.2) is 41.8 Å². The summed E-state index contributed by atoms with van der Waals surface area (Å²) < 4.78 is 3.85. The molecule has 2 fully saturated rings. The molecule has 2 aliphatic carbocycles. The zero-order valence-corrected chi connectivity index (χ0v) is 12.9. The van der Waals surface area contributed by atoms with Gasteiger partial charge in [0.15, 0.2) is 0 Å². The fourth-order valence-corrected chi connectivity index (χ4v) is 4.69. The van der Waals surface area contributed by atoms with Crippen LogP contribution in [0, 0.1) is 23.7 Å². The monoisotopic (exact) mass is 323 g/mol. The van der Waals surface area contributed by atoms with Gasteiger partial charge in [-0.25, -0.2) is 0 Å². The minimum absolute atomic E-state index is 0.0417. The predicted molar refractivity (Wildman–Crippen MR) is 85.6 cm³/mol. The number of benzene rings is 1. The van der Waals surface area contributed by atoms with Gasteiger partial charge in [0, 0.05) is 10.9 Å². The summed E-state index contributed by atoms with van der Waals surface area (Å²) in [5.74, 6) is 0.0956. The zero-order valence-electron chi connectivity index (χ0n) is 12.1. The molecule has 5 nitrogen and oxygen atoms in total. The lowest BCUT2D eigenvalue weighted by molar-refractivity contribution is -0.123. The Morgan fingerprint density at radius 2 is 1.65 bits per heavy atom. The molecule has 23 heavy (non-hydrogen) atoms. The Morgan fingerprint density at radius 1 is 1.00 bits per heavy atom. The van der Waals surface area contributed by atoms with Crippen molar-refractivity contribution < 1.29 is 9.59 Å². The molecular weight excluding hydrogens is 310 g/mol. The molecule has 0 radical (unpaired) electrons. The lowest BCUT2D eigenvalue weighted by Crippen LogP contribution is -2.32. The van der Waals surface area contributed by atoms with Crippen molar-refractivity contribution in [1.82, 2.24) is 9.59 Å². The van der Waals surface area contributed by atoms with Crippen LogP contribution in [0.3, 0.4) is 0 Å². The van der Waals surface area contributed by atoms with Gasteiger partial charge in [0.05, 0.1) is 17.5 Å². The molecule has 2 bridgehead atoms. The molecule has 3 aliphatic rings. The van der Waals surface area contributed by atoms with Crippen LogP contribution in [0.4, 0.5) is 5.69 Å². The molecule has 1 aromatic carbocycles. The van der Waals surface area contributed by atoms with Crippen LogP contribution < -0.4 is 4.90 Å². The second-order valence-electron chi connectivity index (χ2n) is 6.35. The Bertz CT molecular complexity index is 798. The molecule has 0 N–H and O–H groups in total. The van der Waals surface area contributed by atoms with Gasteiger partial charge in [-0.3, -0.25) is 14.5 Å². The van der Waals surface area contributed by atoms with Crippen molar-refractivity contribution in [3.05, 3.63) is 41.8 Å². The largest absolute Gasteiger partial charge is 0.274 e. The summed E-state index contributed by atoms with van der Waals surface area (Å²) in [6.07, 6.45) is 5.17. The second kappa shape index (κ2) is 4.58. The highest BCUT2D eigenvalue weighted by molar-refractivity contribution is 7.03. The molecule has 6 heteroatoms. The number of allylic oxidation sites excluding steroid dienone is 2. The number of hydrogen-bond acceptors (Lipinski definition) is 5. The summed E-state index contributed by atoms with van der Waals surface area (Å²) in [5, 5.41) is 5.90. The second-order valence-corrected chi connectivity index (χ2v) is 6.96. The van der Waals surface area contributed by atoms with Gasteiger partial charge < -0.3 is 0 Å². The van der Waals surface area contributed by atoms with Crippen LogP contribution in [-0.2, 0) is 9.59 Å². The van der Waals surface area contributed by atoms with Crippen LogP contribution in [0.5, 0.6) is 0 Å². The zero-order chi connectivity index (χ0) is 15.6. The number of nitrogens with zero attached hydrogens (tertiary/aromatic N) is 3. The number of imide groups is 1. The Kier molecular flexibility index (Phi) is 2.61. The van der Waals surface area contributed by atoms with Gasteiger partial charge in [-0.2, -0.15) is 0 Å². The highest BCUT2D eigenvalue weighted by Gasteiger charge is 2.59. The van der Waals surface area contributed by atoms with E-state index in [1.165, 1.54) is 16.4 Å². The number of anilines is 1. The Balaban J connectivity index is 1.49. The summed E-state index contributed by atoms with van der Waals surface area (Å²) >= 11 is 1.30. The molecule has 0 unspecified atom stereocenters. The van der Waals surface area contributed by atoms with Crippen LogP contribution in [0.25, 0.3) is 11.3 Å². The number of carbonyl (C=O) groups excluding carboxylic acids is 2. The first-order valence-electron chi connectivity index (χ1n) is 7.67. The van der Waals surface area contributed by atoms with E-state index in [4.69, 9.17) is 0 Å². The average Bonchev–Trinajstić information content (AvgIpc) is 3.33. The molecule has 5 rings (SSSR count). The van der Waals surface area contributed by atoms with E-state index in [9.17, 15) is 9.59 Å². The standard InChI is InChI=1S/C17H13N3O2S/c21-16-14-10-1-2-11(7-10)15(14)17(22)20(16)12-5-3-9(4-6-12)13-8-23-19-18-13/h1-6,8,10-11,14-15H,7H2/t10-,11+,14-,15+. The van der Waals surface area contributed by atoms with E-state index in [-0.39, 0.29) is 35.5 Å². The van der Waals surface area contributed by atoms with Crippen molar-refractivity contribution in [2.75, 3.05) is 4.90 Å². The van der Waals surface area contributed by atoms with Crippen LogP contribution in [-0.4, -0.2) is 21.4 Å². The van der Waals surface area contributed by atoms with Gasteiger partial charge in [-0.05, 0) is 41.9 Å². The maximum Gasteiger partial charge on any atom is 0.238 e. The molecule has 1 saturated carbocycles. The van der Waals surface area contributed by atoms with Crippen molar-refractivity contribution in [3.8, 4) is 11.3 Å². The first-order chi connectivity index (χ1) is 11.2. The van der Waals surface area contributed by atoms with E-state index >= 15 is 0 Å². The smallest absolute Gasteiger partial charge is 0.238 e. The topological polar surface area (TPSA) is 63.2 Å². The first-order valence-corrected chi connectivity index (χ1v) is 8.51. The van der Waals surface area contributed by atoms with Crippen molar-refractivity contribution in [3.63, 3.8) is 0 Å². The van der Waals surface area contributed by atoms with Crippen molar-refractivity contribution >= 4 is 29.0 Å². The van der Waals surface area contributed by atoms with E-state index < -0.39 is 0 Å². The molecule has 4 atom stereocenters. The third kappa shape index (κ3) is 1.72. The van der Waals surface area contributed by atoms with Crippen molar-refractivity contribution in [2.45, 2.75) is 6.42 Å². The van der Waals surface area contributed by atoms with Crippen molar-refractivity contribution in [2.24, 2.45) is 23.7 Å². The molecule has 2 heterocycles. The van der Waals surface area contributed by atoms with Gasteiger partial charge in [0.1, 0.15) is 5.69 Å². The average molecular weight is 323 g/mol. The highest BCUT2D eigenvalue weighted by atomic mass is 32.1. The number of aromatic nitrogens is 2.